The molecule has 0 aliphatic heterocycles. The summed E-state index contributed by atoms with van der Waals surface area (Å²) in [4.78, 5) is 19.9. The van der Waals surface area contributed by atoms with Gasteiger partial charge in [0.15, 0.2) is 0 Å². The molecule has 7 heteroatoms. The fraction of sp³-hybridized carbons (Fsp3) is 0.286. The van der Waals surface area contributed by atoms with E-state index in [1.54, 1.807) is 6.92 Å². The molecule has 0 aliphatic rings. The van der Waals surface area contributed by atoms with Crippen molar-refractivity contribution in [3.05, 3.63) is 33.4 Å². The van der Waals surface area contributed by atoms with E-state index in [1.165, 1.54) is 5.87 Å². The van der Waals surface area contributed by atoms with Crippen LogP contribution in [0.3, 0.4) is 0 Å². The molecule has 0 atom stereocenters. The van der Waals surface area contributed by atoms with Crippen LogP contribution < -0.4 is 51.4 Å². The number of ether oxygens (including phenoxy) is 1. The predicted octanol–water partition coefficient (Wildman–Crippen LogP) is -2.49. The van der Waals surface area contributed by atoms with Crippen molar-refractivity contribution in [3.8, 4) is 0 Å². The summed E-state index contributed by atoms with van der Waals surface area (Å²) in [5.41, 5.74) is -0.390. The molecule has 0 fully saturated rings. The molecule has 0 bridgehead atoms. The van der Waals surface area contributed by atoms with Gasteiger partial charge in [0.05, 0.1) is 17.1 Å². The van der Waals surface area contributed by atoms with Crippen molar-refractivity contribution in [3.63, 3.8) is 0 Å². The molecule has 70 valence electrons. The Bertz CT molecular complexity index is 294. The van der Waals surface area contributed by atoms with Crippen LogP contribution in [0.4, 0.5) is 0 Å². The SMILES string of the molecule is CCOC(=O)C(=C=[N-])/C=C/[N+](=O)[O-].[K+]. The minimum absolute atomic E-state index is 0. The van der Waals surface area contributed by atoms with E-state index < -0.39 is 16.5 Å². The molecule has 0 radical (unpaired) electrons. The average molecular weight is 222 g/mol. The van der Waals surface area contributed by atoms with E-state index in [2.05, 4.69) is 4.74 Å². The summed E-state index contributed by atoms with van der Waals surface area (Å²) in [5.74, 6) is 0.635. The van der Waals surface area contributed by atoms with Crippen molar-refractivity contribution in [1.29, 1.82) is 0 Å². The van der Waals surface area contributed by atoms with Gasteiger partial charge in [-0.1, -0.05) is 0 Å². The maximum atomic E-state index is 10.8. The van der Waals surface area contributed by atoms with E-state index in [0.29, 0.717) is 6.20 Å². The Balaban J connectivity index is 0. The van der Waals surface area contributed by atoms with Crippen molar-refractivity contribution in [2.24, 2.45) is 0 Å². The van der Waals surface area contributed by atoms with Crippen LogP contribution in [-0.2, 0) is 9.53 Å². The fourth-order valence-corrected chi connectivity index (χ4v) is 0.495. The Morgan fingerprint density at radius 2 is 2.29 bits per heavy atom. The number of rotatable bonds is 4. The number of nitrogens with zero attached hydrogens (tertiary/aromatic N) is 2. The van der Waals surface area contributed by atoms with Crippen molar-refractivity contribution in [1.82, 2.24) is 0 Å². The van der Waals surface area contributed by atoms with Crippen LogP contribution in [-0.4, -0.2) is 23.4 Å². The van der Waals surface area contributed by atoms with E-state index >= 15 is 0 Å². The third kappa shape index (κ3) is 7.13. The third-order valence-corrected chi connectivity index (χ3v) is 0.979. The zero-order chi connectivity index (χ0) is 10.3. The van der Waals surface area contributed by atoms with E-state index in [9.17, 15) is 14.9 Å². The second-order valence-electron chi connectivity index (χ2n) is 1.85. The molecule has 6 nitrogen and oxygen atoms in total. The smallest absolute Gasteiger partial charge is 0.763 e. The van der Waals surface area contributed by atoms with Gasteiger partial charge in [0.25, 0.3) is 0 Å². The zero-order valence-electron chi connectivity index (χ0n) is 7.89. The number of carbonyl (C=O) groups is 1. The van der Waals surface area contributed by atoms with E-state index in [1.807, 2.05) is 0 Å². The van der Waals surface area contributed by atoms with Crippen LogP contribution in [0.1, 0.15) is 6.92 Å². The zero-order valence-corrected chi connectivity index (χ0v) is 11.0. The van der Waals surface area contributed by atoms with Crippen LogP contribution in [0.15, 0.2) is 17.8 Å². The number of carbonyl (C=O) groups excluding carboxylic acids is 1. The van der Waals surface area contributed by atoms with Gasteiger partial charge in [0, 0.05) is 6.08 Å². The molecule has 0 heterocycles. The molecule has 0 saturated heterocycles. The van der Waals surface area contributed by atoms with Crippen LogP contribution in [0.5, 0.6) is 0 Å². The Morgan fingerprint density at radius 1 is 1.71 bits per heavy atom. The first kappa shape index (κ1) is 16.1. The first-order valence-electron chi connectivity index (χ1n) is 3.37. The van der Waals surface area contributed by atoms with Gasteiger partial charge in [-0.15, -0.1) is 0 Å². The van der Waals surface area contributed by atoms with Crippen molar-refractivity contribution in [2.75, 3.05) is 6.61 Å². The number of hydrogen-bond donors (Lipinski definition) is 0. The Labute approximate surface area is 123 Å². The van der Waals surface area contributed by atoms with Gasteiger partial charge in [0.1, 0.15) is 0 Å². The normalized spacial score (nSPS) is 8.64. The number of esters is 1. The largest absolute Gasteiger partial charge is 1.00 e. The van der Waals surface area contributed by atoms with Gasteiger partial charge in [-0.2, -0.15) is 0 Å². The molecule has 0 spiro atoms. The van der Waals surface area contributed by atoms with Crippen molar-refractivity contribution >= 4 is 11.8 Å². The Morgan fingerprint density at radius 3 is 2.64 bits per heavy atom. The summed E-state index contributed by atoms with van der Waals surface area (Å²) in [6.07, 6.45) is 1.31. The third-order valence-electron chi connectivity index (χ3n) is 0.979. The Hall–Kier alpha value is -0.304. The minimum Gasteiger partial charge on any atom is -0.763 e. The molecular formula is C7H7KN2O4. The molecule has 0 aliphatic carbocycles. The van der Waals surface area contributed by atoms with Gasteiger partial charge in [-0.05, 0) is 6.92 Å². The first-order chi connectivity index (χ1) is 6.11. The second-order valence-corrected chi connectivity index (χ2v) is 1.85. The summed E-state index contributed by atoms with van der Waals surface area (Å²) in [6.45, 7) is 1.69. The predicted molar refractivity (Wildman–Crippen MR) is 44.6 cm³/mol. The topological polar surface area (TPSA) is 91.7 Å². The maximum Gasteiger partial charge on any atom is 1.00 e. The van der Waals surface area contributed by atoms with Gasteiger partial charge in [0.2, 0.25) is 6.20 Å². The van der Waals surface area contributed by atoms with Crippen molar-refractivity contribution < 1.29 is 65.8 Å². The number of hydrogen-bond acceptors (Lipinski definition) is 4. The van der Waals surface area contributed by atoms with E-state index in [-0.39, 0.29) is 58.0 Å². The van der Waals surface area contributed by atoms with Crippen LogP contribution >= 0.6 is 0 Å². The van der Waals surface area contributed by atoms with Crippen LogP contribution in [0.25, 0.3) is 5.41 Å². The Kier molecular flexibility index (Phi) is 10.7. The molecule has 0 saturated carbocycles. The molecule has 0 rings (SSSR count). The van der Waals surface area contributed by atoms with E-state index in [0.717, 1.165) is 6.08 Å². The number of nitro groups is 1. The molecule has 0 aromatic carbocycles. The maximum absolute atomic E-state index is 10.8. The fourth-order valence-electron chi connectivity index (χ4n) is 0.495. The molecule has 0 aromatic rings. The molecule has 0 amide bonds. The summed E-state index contributed by atoms with van der Waals surface area (Å²) in [7, 11) is 0. The molecule has 14 heavy (non-hydrogen) atoms. The monoisotopic (exact) mass is 222 g/mol. The van der Waals surface area contributed by atoms with Crippen LogP contribution in [0.2, 0.25) is 0 Å². The summed E-state index contributed by atoms with van der Waals surface area (Å²) in [5, 5.41) is 18.2. The van der Waals surface area contributed by atoms with Gasteiger partial charge >= 0.3 is 57.4 Å². The average Bonchev–Trinajstić information content (AvgIpc) is 2.05. The summed E-state index contributed by atoms with van der Waals surface area (Å²) in [6, 6.07) is 0. The van der Waals surface area contributed by atoms with Gasteiger partial charge in [-0.3, -0.25) is 16.0 Å². The molecule has 0 unspecified atom stereocenters. The molecule has 0 aromatic heterocycles. The quantitative estimate of drug-likeness (QED) is 0.100. The first-order valence-corrected chi connectivity index (χ1v) is 3.37. The van der Waals surface area contributed by atoms with Crippen LogP contribution in [0, 0.1) is 10.1 Å². The minimum atomic E-state index is -0.858. The van der Waals surface area contributed by atoms with Gasteiger partial charge in [-0.25, -0.2) is 4.79 Å². The van der Waals surface area contributed by atoms with Crippen molar-refractivity contribution in [2.45, 2.75) is 6.92 Å². The summed E-state index contributed by atoms with van der Waals surface area (Å²) < 4.78 is 4.45. The van der Waals surface area contributed by atoms with E-state index in [4.69, 9.17) is 5.41 Å². The molecule has 0 N–H and O–H groups in total. The molecular weight excluding hydrogens is 215 g/mol. The standard InChI is InChI=1S/C7H7N2O4.K/c1-2-13-7(10)6(5-8)3-4-9(11)12;/h3-4H,2H2,1H3;/q-1;+1/b4-3+;. The summed E-state index contributed by atoms with van der Waals surface area (Å²) >= 11 is 0. The second kappa shape index (κ2) is 9.26. The van der Waals surface area contributed by atoms with Gasteiger partial charge < -0.3 is 10.1 Å².